The van der Waals surface area contributed by atoms with Crippen molar-refractivity contribution in [1.82, 2.24) is 14.6 Å². The Morgan fingerprint density at radius 1 is 1.39 bits per heavy atom. The summed E-state index contributed by atoms with van der Waals surface area (Å²) in [6, 6.07) is 3.57. The number of hydrogen-bond donors (Lipinski definition) is 1. The third-order valence-corrected chi connectivity index (χ3v) is 5.14. The zero-order chi connectivity index (χ0) is 12.8. The molecule has 0 aliphatic carbocycles. The number of hydrogen-bond acceptors (Lipinski definition) is 5. The summed E-state index contributed by atoms with van der Waals surface area (Å²) >= 11 is 0. The van der Waals surface area contributed by atoms with Crippen LogP contribution < -0.4 is 5.73 Å². The van der Waals surface area contributed by atoms with Gasteiger partial charge in [-0.05, 0) is 25.0 Å². The molecule has 1 fully saturated rings. The molecule has 0 saturated carbocycles. The fourth-order valence-corrected chi connectivity index (χ4v) is 4.16. The summed E-state index contributed by atoms with van der Waals surface area (Å²) in [6.07, 6.45) is 3.33. The highest BCUT2D eigenvalue weighted by Gasteiger charge is 2.29. The van der Waals surface area contributed by atoms with Crippen LogP contribution in [0.5, 0.6) is 0 Å². The third kappa shape index (κ3) is 1.84. The van der Waals surface area contributed by atoms with Crippen LogP contribution in [0, 0.1) is 0 Å². The second-order valence-electron chi connectivity index (χ2n) is 4.67. The summed E-state index contributed by atoms with van der Waals surface area (Å²) in [5.74, 6) is 1.05. The molecule has 2 aromatic heterocycles. The van der Waals surface area contributed by atoms with Crippen molar-refractivity contribution in [2.45, 2.75) is 18.8 Å². The van der Waals surface area contributed by atoms with Gasteiger partial charge in [0.2, 0.25) is 0 Å². The monoisotopic (exact) mass is 266 g/mol. The van der Waals surface area contributed by atoms with Crippen molar-refractivity contribution in [2.24, 2.45) is 0 Å². The number of sulfone groups is 1. The Bertz CT molecular complexity index is 692. The van der Waals surface area contributed by atoms with Gasteiger partial charge < -0.3 is 5.73 Å². The standard InChI is InChI=1S/C11H14N4O2S/c12-9-4-1-5-15-10(13-14-11(9)15)8-3-2-6-18(16,17)7-8/h1,4-5,8H,2-3,6-7,12H2. The van der Waals surface area contributed by atoms with Crippen molar-refractivity contribution < 1.29 is 8.42 Å². The molecule has 0 spiro atoms. The Morgan fingerprint density at radius 3 is 3.00 bits per heavy atom. The maximum atomic E-state index is 11.7. The van der Waals surface area contributed by atoms with Gasteiger partial charge in [0.15, 0.2) is 15.5 Å². The van der Waals surface area contributed by atoms with Gasteiger partial charge in [-0.1, -0.05) is 0 Å². The maximum Gasteiger partial charge on any atom is 0.183 e. The molecule has 0 amide bonds. The van der Waals surface area contributed by atoms with Gasteiger partial charge in [-0.15, -0.1) is 10.2 Å². The van der Waals surface area contributed by atoms with Crippen molar-refractivity contribution in [1.29, 1.82) is 0 Å². The second-order valence-corrected chi connectivity index (χ2v) is 6.90. The average Bonchev–Trinajstić information content (AvgIpc) is 2.73. The highest BCUT2D eigenvalue weighted by molar-refractivity contribution is 7.91. The van der Waals surface area contributed by atoms with Crippen molar-refractivity contribution in [2.75, 3.05) is 17.2 Å². The van der Waals surface area contributed by atoms with E-state index in [2.05, 4.69) is 10.2 Å². The first-order valence-corrected chi connectivity index (χ1v) is 7.68. The molecule has 3 heterocycles. The lowest BCUT2D eigenvalue weighted by Gasteiger charge is -2.20. The predicted molar refractivity (Wildman–Crippen MR) is 68.0 cm³/mol. The Morgan fingerprint density at radius 2 is 2.22 bits per heavy atom. The molecule has 18 heavy (non-hydrogen) atoms. The number of nitrogens with two attached hydrogens (primary N) is 1. The topological polar surface area (TPSA) is 90.3 Å². The van der Waals surface area contributed by atoms with Crippen LogP contribution in [-0.2, 0) is 9.84 Å². The number of nitrogens with zero attached hydrogens (tertiary/aromatic N) is 3. The smallest absolute Gasteiger partial charge is 0.183 e. The first-order chi connectivity index (χ1) is 8.57. The maximum absolute atomic E-state index is 11.7. The minimum atomic E-state index is -2.95. The van der Waals surface area contributed by atoms with Gasteiger partial charge in [-0.3, -0.25) is 4.40 Å². The molecule has 1 aliphatic heterocycles. The summed E-state index contributed by atoms with van der Waals surface area (Å²) in [4.78, 5) is 0. The third-order valence-electron chi connectivity index (χ3n) is 3.32. The largest absolute Gasteiger partial charge is 0.396 e. The number of fused-ring (bicyclic) bond motifs is 1. The van der Waals surface area contributed by atoms with Crippen LogP contribution in [0.2, 0.25) is 0 Å². The van der Waals surface area contributed by atoms with E-state index in [1.165, 1.54) is 0 Å². The summed E-state index contributed by atoms with van der Waals surface area (Å²) < 4.78 is 25.1. The normalized spacial score (nSPS) is 23.2. The lowest BCUT2D eigenvalue weighted by atomic mass is 10.1. The average molecular weight is 266 g/mol. The molecule has 2 N–H and O–H groups in total. The van der Waals surface area contributed by atoms with E-state index in [0.717, 1.165) is 6.42 Å². The summed E-state index contributed by atoms with van der Waals surface area (Å²) in [5, 5.41) is 8.15. The van der Waals surface area contributed by atoms with E-state index in [1.807, 2.05) is 12.3 Å². The molecule has 1 aliphatic rings. The lowest BCUT2D eigenvalue weighted by Crippen LogP contribution is -2.25. The molecular weight excluding hydrogens is 252 g/mol. The molecular formula is C11H14N4O2S. The molecule has 2 aromatic rings. The van der Waals surface area contributed by atoms with Crippen molar-refractivity contribution >= 4 is 21.2 Å². The van der Waals surface area contributed by atoms with Crippen molar-refractivity contribution in [3.63, 3.8) is 0 Å². The predicted octanol–water partition coefficient (Wildman–Crippen LogP) is 0.604. The van der Waals surface area contributed by atoms with E-state index in [-0.39, 0.29) is 17.4 Å². The van der Waals surface area contributed by atoms with Crippen LogP contribution in [0.4, 0.5) is 5.69 Å². The van der Waals surface area contributed by atoms with Gasteiger partial charge in [0.1, 0.15) is 5.82 Å². The van der Waals surface area contributed by atoms with Crippen LogP contribution in [0.15, 0.2) is 18.3 Å². The molecule has 0 aromatic carbocycles. The fraction of sp³-hybridized carbons (Fsp3) is 0.455. The van der Waals surface area contributed by atoms with E-state index in [0.29, 0.717) is 23.6 Å². The Kier molecular flexibility index (Phi) is 2.51. The van der Waals surface area contributed by atoms with E-state index < -0.39 is 9.84 Å². The summed E-state index contributed by atoms with van der Waals surface area (Å²) in [5.41, 5.74) is 6.95. The number of pyridine rings is 1. The van der Waals surface area contributed by atoms with Crippen molar-refractivity contribution in [3.8, 4) is 0 Å². The van der Waals surface area contributed by atoms with E-state index in [4.69, 9.17) is 5.73 Å². The van der Waals surface area contributed by atoms with Gasteiger partial charge in [0, 0.05) is 12.1 Å². The highest BCUT2D eigenvalue weighted by atomic mass is 32.2. The lowest BCUT2D eigenvalue weighted by molar-refractivity contribution is 0.541. The van der Waals surface area contributed by atoms with Crippen LogP contribution in [0.3, 0.4) is 0 Å². The van der Waals surface area contributed by atoms with Crippen LogP contribution in [0.25, 0.3) is 5.65 Å². The molecule has 1 saturated heterocycles. The number of rotatable bonds is 1. The van der Waals surface area contributed by atoms with E-state index >= 15 is 0 Å². The Hall–Kier alpha value is -1.63. The van der Waals surface area contributed by atoms with Gasteiger partial charge in [-0.25, -0.2) is 8.42 Å². The van der Waals surface area contributed by atoms with Crippen molar-refractivity contribution in [3.05, 3.63) is 24.2 Å². The molecule has 1 unspecified atom stereocenters. The minimum Gasteiger partial charge on any atom is -0.396 e. The number of nitrogen functional groups attached to an aromatic ring is 1. The van der Waals surface area contributed by atoms with Gasteiger partial charge in [0.05, 0.1) is 17.2 Å². The Balaban J connectivity index is 2.07. The number of anilines is 1. The Labute approximate surface area is 105 Å². The molecule has 0 bridgehead atoms. The first kappa shape index (κ1) is 11.5. The molecule has 0 radical (unpaired) electrons. The fourth-order valence-electron chi connectivity index (χ4n) is 2.46. The van der Waals surface area contributed by atoms with Gasteiger partial charge in [0.25, 0.3) is 0 Å². The quantitative estimate of drug-likeness (QED) is 0.816. The zero-order valence-electron chi connectivity index (χ0n) is 9.78. The van der Waals surface area contributed by atoms with E-state index in [9.17, 15) is 8.42 Å². The first-order valence-electron chi connectivity index (χ1n) is 5.86. The molecule has 6 nitrogen and oxygen atoms in total. The van der Waals surface area contributed by atoms with Gasteiger partial charge >= 0.3 is 0 Å². The highest BCUT2D eigenvalue weighted by Crippen LogP contribution is 2.28. The SMILES string of the molecule is Nc1cccn2c(C3CCCS(=O)(=O)C3)nnc12. The van der Waals surface area contributed by atoms with Gasteiger partial charge in [-0.2, -0.15) is 0 Å². The molecule has 7 heteroatoms. The van der Waals surface area contributed by atoms with Crippen LogP contribution >= 0.6 is 0 Å². The minimum absolute atomic E-state index is 0.0828. The number of aromatic nitrogens is 3. The van der Waals surface area contributed by atoms with Crippen LogP contribution in [-0.4, -0.2) is 34.5 Å². The zero-order valence-corrected chi connectivity index (χ0v) is 10.6. The molecule has 1 atom stereocenters. The molecule has 3 rings (SSSR count). The molecule has 96 valence electrons. The van der Waals surface area contributed by atoms with Crippen LogP contribution in [0.1, 0.15) is 24.6 Å². The summed E-state index contributed by atoms with van der Waals surface area (Å²) in [7, 11) is -2.95. The van der Waals surface area contributed by atoms with E-state index in [1.54, 1.807) is 10.5 Å². The second kappa shape index (κ2) is 3.94. The summed E-state index contributed by atoms with van der Waals surface area (Å²) in [6.45, 7) is 0.